The second-order valence-electron chi connectivity index (χ2n) is 3.81. The van der Waals surface area contributed by atoms with Crippen molar-refractivity contribution in [1.29, 1.82) is 0 Å². The first-order chi connectivity index (χ1) is 6.05. The van der Waals surface area contributed by atoms with Gasteiger partial charge in [0.05, 0.1) is 0 Å². The SMILES string of the molecule is CCC(C1CCCNC1)[Si](O)(O)O. The van der Waals surface area contributed by atoms with E-state index in [4.69, 9.17) is 0 Å². The monoisotopic (exact) mass is 205 g/mol. The lowest BCUT2D eigenvalue weighted by Crippen LogP contribution is -2.47. The summed E-state index contributed by atoms with van der Waals surface area (Å²) in [5.74, 6) is 0.227. The van der Waals surface area contributed by atoms with E-state index in [0.29, 0.717) is 6.42 Å². The predicted molar refractivity (Wildman–Crippen MR) is 52.0 cm³/mol. The predicted octanol–water partition coefficient (Wildman–Crippen LogP) is -0.318. The first-order valence-corrected chi connectivity index (χ1v) is 6.85. The van der Waals surface area contributed by atoms with E-state index < -0.39 is 8.80 Å². The van der Waals surface area contributed by atoms with Gasteiger partial charge in [-0.15, -0.1) is 0 Å². The fourth-order valence-corrected chi connectivity index (χ4v) is 3.61. The van der Waals surface area contributed by atoms with E-state index in [2.05, 4.69) is 5.32 Å². The van der Waals surface area contributed by atoms with Crippen LogP contribution in [0.15, 0.2) is 0 Å². The molecule has 78 valence electrons. The van der Waals surface area contributed by atoms with E-state index >= 15 is 0 Å². The molecule has 0 saturated carbocycles. The zero-order valence-corrected chi connectivity index (χ0v) is 9.03. The maximum Gasteiger partial charge on any atom is 0.496 e. The maximum absolute atomic E-state index is 9.25. The molecule has 1 rings (SSSR count). The minimum absolute atomic E-state index is 0.227. The van der Waals surface area contributed by atoms with Crippen LogP contribution in [0.3, 0.4) is 0 Å². The molecule has 0 aliphatic carbocycles. The molecule has 0 aromatic carbocycles. The molecule has 0 radical (unpaired) electrons. The third kappa shape index (κ3) is 3.03. The molecule has 13 heavy (non-hydrogen) atoms. The Labute approximate surface area is 80.0 Å². The standard InChI is InChI=1S/C8H19NO3Si/c1-2-8(13(10,11)12)7-4-3-5-9-6-7/h7-12H,2-6H2,1H3. The number of hydrogen-bond donors (Lipinski definition) is 4. The molecular weight excluding hydrogens is 186 g/mol. The van der Waals surface area contributed by atoms with Crippen molar-refractivity contribution in [2.45, 2.75) is 31.7 Å². The summed E-state index contributed by atoms with van der Waals surface area (Å²) < 4.78 is 0. The molecule has 1 fully saturated rings. The molecule has 5 heteroatoms. The smallest absolute Gasteiger partial charge is 0.390 e. The maximum atomic E-state index is 9.25. The Morgan fingerprint density at radius 2 is 2.15 bits per heavy atom. The van der Waals surface area contributed by atoms with Gasteiger partial charge in [-0.1, -0.05) is 6.92 Å². The fraction of sp³-hybridized carbons (Fsp3) is 1.00. The number of nitrogens with one attached hydrogen (secondary N) is 1. The van der Waals surface area contributed by atoms with Crippen LogP contribution in [0.25, 0.3) is 0 Å². The van der Waals surface area contributed by atoms with E-state index in [1.165, 1.54) is 0 Å². The quantitative estimate of drug-likeness (QED) is 0.477. The van der Waals surface area contributed by atoms with Crippen LogP contribution in [-0.2, 0) is 0 Å². The molecule has 1 aliphatic heterocycles. The van der Waals surface area contributed by atoms with Crippen molar-refractivity contribution in [2.24, 2.45) is 5.92 Å². The van der Waals surface area contributed by atoms with E-state index in [1.54, 1.807) is 0 Å². The van der Waals surface area contributed by atoms with Crippen molar-refractivity contribution in [2.75, 3.05) is 13.1 Å². The van der Waals surface area contributed by atoms with Crippen molar-refractivity contribution in [3.05, 3.63) is 0 Å². The molecular formula is C8H19NO3Si. The summed E-state index contributed by atoms with van der Waals surface area (Å²) in [6.45, 7) is 3.70. The molecule has 0 bridgehead atoms. The Kier molecular flexibility index (Phi) is 3.87. The molecule has 0 aromatic rings. The lowest BCUT2D eigenvalue weighted by molar-refractivity contribution is 0.180. The van der Waals surface area contributed by atoms with Crippen LogP contribution in [0.5, 0.6) is 0 Å². The van der Waals surface area contributed by atoms with Crippen molar-refractivity contribution < 1.29 is 14.4 Å². The van der Waals surface area contributed by atoms with Crippen molar-refractivity contribution >= 4 is 8.80 Å². The number of piperidine rings is 1. The van der Waals surface area contributed by atoms with Gasteiger partial charge in [0.25, 0.3) is 0 Å². The van der Waals surface area contributed by atoms with Gasteiger partial charge in [0.15, 0.2) is 0 Å². The van der Waals surface area contributed by atoms with Crippen LogP contribution >= 0.6 is 0 Å². The number of rotatable bonds is 3. The Balaban J connectivity index is 2.54. The molecule has 1 saturated heterocycles. The highest BCUT2D eigenvalue weighted by molar-refractivity contribution is 6.58. The van der Waals surface area contributed by atoms with Crippen LogP contribution in [-0.4, -0.2) is 36.3 Å². The van der Waals surface area contributed by atoms with E-state index in [0.717, 1.165) is 25.9 Å². The normalized spacial score (nSPS) is 27.2. The van der Waals surface area contributed by atoms with Crippen LogP contribution in [0.4, 0.5) is 0 Å². The molecule has 0 spiro atoms. The average molecular weight is 205 g/mol. The van der Waals surface area contributed by atoms with Gasteiger partial charge in [-0.3, -0.25) is 0 Å². The minimum Gasteiger partial charge on any atom is -0.390 e. The molecule has 0 aromatic heterocycles. The highest BCUT2D eigenvalue weighted by Gasteiger charge is 2.42. The Morgan fingerprint density at radius 1 is 1.46 bits per heavy atom. The van der Waals surface area contributed by atoms with Gasteiger partial charge >= 0.3 is 8.80 Å². The molecule has 1 aliphatic rings. The lowest BCUT2D eigenvalue weighted by atomic mass is 9.94. The third-order valence-corrected chi connectivity index (χ3v) is 4.72. The molecule has 2 unspecified atom stereocenters. The van der Waals surface area contributed by atoms with E-state index in [1.807, 2.05) is 6.92 Å². The summed E-state index contributed by atoms with van der Waals surface area (Å²) in [4.78, 5) is 27.8. The first kappa shape index (κ1) is 11.1. The molecule has 4 nitrogen and oxygen atoms in total. The molecule has 4 N–H and O–H groups in total. The second kappa shape index (κ2) is 4.52. The molecule has 0 amide bonds. The van der Waals surface area contributed by atoms with E-state index in [-0.39, 0.29) is 11.5 Å². The highest BCUT2D eigenvalue weighted by atomic mass is 28.4. The summed E-state index contributed by atoms with van der Waals surface area (Å²) in [7, 11) is -3.91. The third-order valence-electron chi connectivity index (χ3n) is 2.84. The lowest BCUT2D eigenvalue weighted by Gasteiger charge is -2.32. The van der Waals surface area contributed by atoms with E-state index in [9.17, 15) is 14.4 Å². The van der Waals surface area contributed by atoms with Gasteiger partial charge in [-0.05, 0) is 38.3 Å². The second-order valence-corrected chi connectivity index (χ2v) is 5.92. The van der Waals surface area contributed by atoms with Crippen molar-refractivity contribution in [3.8, 4) is 0 Å². The summed E-state index contributed by atoms with van der Waals surface area (Å²) in [6.07, 6.45) is 2.69. The summed E-state index contributed by atoms with van der Waals surface area (Å²) in [5.41, 5.74) is -0.305. The topological polar surface area (TPSA) is 72.7 Å². The minimum atomic E-state index is -3.91. The van der Waals surface area contributed by atoms with Gasteiger partial charge in [-0.25, -0.2) is 0 Å². The van der Waals surface area contributed by atoms with Crippen molar-refractivity contribution in [1.82, 2.24) is 5.32 Å². The number of hydrogen-bond acceptors (Lipinski definition) is 4. The van der Waals surface area contributed by atoms with Gasteiger partial charge < -0.3 is 19.7 Å². The summed E-state index contributed by atoms with van der Waals surface area (Å²) in [6, 6.07) is 0. The van der Waals surface area contributed by atoms with Crippen LogP contribution in [0.2, 0.25) is 5.54 Å². The Morgan fingerprint density at radius 3 is 2.54 bits per heavy atom. The zero-order chi connectivity index (χ0) is 9.90. The van der Waals surface area contributed by atoms with Crippen molar-refractivity contribution in [3.63, 3.8) is 0 Å². The molecule has 1 heterocycles. The molecule has 2 atom stereocenters. The van der Waals surface area contributed by atoms with Gasteiger partial charge in [0.2, 0.25) is 0 Å². The van der Waals surface area contributed by atoms with Crippen LogP contribution in [0, 0.1) is 5.92 Å². The summed E-state index contributed by atoms with van der Waals surface area (Å²) >= 11 is 0. The van der Waals surface area contributed by atoms with Gasteiger partial charge in [0.1, 0.15) is 0 Å². The zero-order valence-electron chi connectivity index (χ0n) is 8.03. The summed E-state index contributed by atoms with van der Waals surface area (Å²) in [5, 5.41) is 3.21. The Hall–Kier alpha value is 0.0569. The van der Waals surface area contributed by atoms with Crippen LogP contribution in [0.1, 0.15) is 26.2 Å². The first-order valence-electron chi connectivity index (χ1n) is 4.93. The fourth-order valence-electron chi connectivity index (χ4n) is 2.15. The Bertz CT molecular complexity index is 154. The average Bonchev–Trinajstić information content (AvgIpc) is 2.05. The van der Waals surface area contributed by atoms with Gasteiger partial charge in [0, 0.05) is 5.54 Å². The van der Waals surface area contributed by atoms with Crippen LogP contribution < -0.4 is 5.32 Å². The van der Waals surface area contributed by atoms with Gasteiger partial charge in [-0.2, -0.15) is 0 Å². The highest BCUT2D eigenvalue weighted by Crippen LogP contribution is 2.32. The largest absolute Gasteiger partial charge is 0.496 e.